The molecule has 0 unspecified atom stereocenters. The van der Waals surface area contributed by atoms with Crippen molar-refractivity contribution in [2.75, 3.05) is 6.54 Å². The predicted molar refractivity (Wildman–Crippen MR) is 51.3 cm³/mol. The minimum atomic E-state index is -0.269. The second-order valence-corrected chi connectivity index (χ2v) is 3.16. The van der Waals surface area contributed by atoms with E-state index in [0.29, 0.717) is 24.2 Å². The van der Waals surface area contributed by atoms with Gasteiger partial charge in [0.15, 0.2) is 0 Å². The van der Waals surface area contributed by atoms with E-state index < -0.39 is 0 Å². The minimum Gasteiger partial charge on any atom is -0.360 e. The van der Waals surface area contributed by atoms with Gasteiger partial charge in [0.1, 0.15) is 17.1 Å². The SMILES string of the molecule is NCCCc1onc2ccc(F)cc12. The van der Waals surface area contributed by atoms with Crippen LogP contribution in [0.15, 0.2) is 22.7 Å². The average Bonchev–Trinajstić information content (AvgIpc) is 2.57. The Morgan fingerprint density at radius 2 is 2.29 bits per heavy atom. The van der Waals surface area contributed by atoms with Crippen LogP contribution < -0.4 is 5.73 Å². The maximum atomic E-state index is 12.9. The number of benzene rings is 1. The fraction of sp³-hybridized carbons (Fsp3) is 0.300. The molecule has 2 rings (SSSR count). The van der Waals surface area contributed by atoms with Crippen molar-refractivity contribution in [3.8, 4) is 0 Å². The molecule has 0 radical (unpaired) electrons. The van der Waals surface area contributed by atoms with Crippen molar-refractivity contribution < 1.29 is 8.91 Å². The number of aromatic nitrogens is 1. The Bertz CT molecular complexity index is 439. The fourth-order valence-electron chi connectivity index (χ4n) is 1.41. The molecule has 3 nitrogen and oxygen atoms in total. The highest BCUT2D eigenvalue weighted by Crippen LogP contribution is 2.20. The summed E-state index contributed by atoms with van der Waals surface area (Å²) in [6.45, 7) is 0.595. The van der Waals surface area contributed by atoms with E-state index in [1.807, 2.05) is 0 Å². The lowest BCUT2D eigenvalue weighted by Gasteiger charge is -1.93. The summed E-state index contributed by atoms with van der Waals surface area (Å²) in [4.78, 5) is 0. The Labute approximate surface area is 80.7 Å². The van der Waals surface area contributed by atoms with E-state index in [0.717, 1.165) is 11.8 Å². The minimum absolute atomic E-state index is 0.269. The summed E-state index contributed by atoms with van der Waals surface area (Å²) in [6.07, 6.45) is 1.53. The Morgan fingerprint density at radius 3 is 3.07 bits per heavy atom. The molecule has 0 aliphatic rings. The molecule has 0 saturated heterocycles. The van der Waals surface area contributed by atoms with Crippen LogP contribution in [-0.4, -0.2) is 11.7 Å². The molecule has 0 aliphatic carbocycles. The van der Waals surface area contributed by atoms with Crippen molar-refractivity contribution in [2.45, 2.75) is 12.8 Å². The third-order valence-electron chi connectivity index (χ3n) is 2.12. The molecule has 0 saturated carbocycles. The summed E-state index contributed by atoms with van der Waals surface area (Å²) >= 11 is 0. The number of hydrogen-bond donors (Lipinski definition) is 1. The standard InChI is InChI=1S/C10H11FN2O/c11-7-3-4-9-8(6-7)10(14-13-9)2-1-5-12/h3-4,6H,1-2,5,12H2. The summed E-state index contributed by atoms with van der Waals surface area (Å²) in [7, 11) is 0. The lowest BCUT2D eigenvalue weighted by molar-refractivity contribution is 0.389. The van der Waals surface area contributed by atoms with Crippen molar-refractivity contribution in [3.63, 3.8) is 0 Å². The van der Waals surface area contributed by atoms with Crippen molar-refractivity contribution >= 4 is 10.9 Å². The summed E-state index contributed by atoms with van der Waals surface area (Å²) in [6, 6.07) is 4.43. The second kappa shape index (κ2) is 3.75. The Hall–Kier alpha value is -1.42. The average molecular weight is 194 g/mol. The van der Waals surface area contributed by atoms with Crippen molar-refractivity contribution in [2.24, 2.45) is 5.73 Å². The smallest absolute Gasteiger partial charge is 0.144 e. The zero-order chi connectivity index (χ0) is 9.97. The van der Waals surface area contributed by atoms with Crippen LogP contribution in [-0.2, 0) is 6.42 Å². The first-order valence-corrected chi connectivity index (χ1v) is 4.55. The molecular weight excluding hydrogens is 183 g/mol. The quantitative estimate of drug-likeness (QED) is 0.811. The number of nitrogens with zero attached hydrogens (tertiary/aromatic N) is 1. The van der Waals surface area contributed by atoms with Crippen LogP contribution >= 0.6 is 0 Å². The molecule has 2 aromatic rings. The van der Waals surface area contributed by atoms with Gasteiger partial charge in [0.25, 0.3) is 0 Å². The Morgan fingerprint density at radius 1 is 1.43 bits per heavy atom. The number of nitrogens with two attached hydrogens (primary N) is 1. The molecule has 0 atom stereocenters. The molecule has 4 heteroatoms. The second-order valence-electron chi connectivity index (χ2n) is 3.16. The van der Waals surface area contributed by atoms with Crippen molar-refractivity contribution in [1.29, 1.82) is 0 Å². The largest absolute Gasteiger partial charge is 0.360 e. The van der Waals surface area contributed by atoms with Crippen LogP contribution in [0.3, 0.4) is 0 Å². The molecule has 0 aliphatic heterocycles. The van der Waals surface area contributed by atoms with Crippen molar-refractivity contribution in [1.82, 2.24) is 5.16 Å². The number of hydrogen-bond acceptors (Lipinski definition) is 3. The van der Waals surface area contributed by atoms with E-state index in [2.05, 4.69) is 5.16 Å². The third-order valence-corrected chi connectivity index (χ3v) is 2.12. The normalized spacial score (nSPS) is 11.0. The van der Waals surface area contributed by atoms with Crippen molar-refractivity contribution in [3.05, 3.63) is 29.8 Å². The summed E-state index contributed by atoms with van der Waals surface area (Å²) in [5.74, 6) is 0.444. The van der Waals surface area contributed by atoms with Gasteiger partial charge < -0.3 is 10.3 Å². The number of rotatable bonds is 3. The first-order chi connectivity index (χ1) is 6.81. The van der Waals surface area contributed by atoms with Gasteiger partial charge in [-0.15, -0.1) is 0 Å². The molecule has 0 fully saturated rings. The molecule has 1 aromatic heterocycles. The van der Waals surface area contributed by atoms with Gasteiger partial charge in [-0.25, -0.2) is 4.39 Å². The molecule has 0 spiro atoms. The number of halogens is 1. The Balaban J connectivity index is 2.40. The van der Waals surface area contributed by atoms with E-state index in [9.17, 15) is 4.39 Å². The molecule has 14 heavy (non-hydrogen) atoms. The first kappa shape index (κ1) is 9.15. The van der Waals surface area contributed by atoms with Crippen LogP contribution in [0, 0.1) is 5.82 Å². The van der Waals surface area contributed by atoms with Gasteiger partial charge in [0.05, 0.1) is 0 Å². The molecule has 2 N–H and O–H groups in total. The Kier molecular flexibility index (Phi) is 2.45. The molecule has 74 valence electrons. The van der Waals surface area contributed by atoms with Gasteiger partial charge in [0.2, 0.25) is 0 Å². The van der Waals surface area contributed by atoms with Gasteiger partial charge >= 0.3 is 0 Å². The van der Waals surface area contributed by atoms with Crippen LogP contribution in [0.1, 0.15) is 12.2 Å². The maximum absolute atomic E-state index is 12.9. The third kappa shape index (κ3) is 1.61. The highest BCUT2D eigenvalue weighted by atomic mass is 19.1. The summed E-state index contributed by atoms with van der Waals surface area (Å²) in [5.41, 5.74) is 6.08. The monoisotopic (exact) mass is 194 g/mol. The van der Waals surface area contributed by atoms with Gasteiger partial charge in [0, 0.05) is 11.8 Å². The topological polar surface area (TPSA) is 52.0 Å². The van der Waals surface area contributed by atoms with E-state index in [1.54, 1.807) is 6.07 Å². The van der Waals surface area contributed by atoms with Gasteiger partial charge in [-0.3, -0.25) is 0 Å². The fourth-order valence-corrected chi connectivity index (χ4v) is 1.41. The van der Waals surface area contributed by atoms with Crippen LogP contribution in [0.25, 0.3) is 10.9 Å². The lowest BCUT2D eigenvalue weighted by atomic mass is 10.1. The number of aryl methyl sites for hydroxylation is 1. The lowest BCUT2D eigenvalue weighted by Crippen LogP contribution is -1.99. The van der Waals surface area contributed by atoms with E-state index in [-0.39, 0.29) is 5.82 Å². The molecule has 1 heterocycles. The van der Waals surface area contributed by atoms with E-state index >= 15 is 0 Å². The van der Waals surface area contributed by atoms with Crippen LogP contribution in [0.2, 0.25) is 0 Å². The van der Waals surface area contributed by atoms with Gasteiger partial charge in [-0.05, 0) is 31.2 Å². The molecule has 0 amide bonds. The zero-order valence-electron chi connectivity index (χ0n) is 7.66. The summed E-state index contributed by atoms with van der Waals surface area (Å²) < 4.78 is 18.0. The molecule has 0 bridgehead atoms. The highest BCUT2D eigenvalue weighted by Gasteiger charge is 2.08. The maximum Gasteiger partial charge on any atom is 0.144 e. The van der Waals surface area contributed by atoms with Gasteiger partial charge in [-0.2, -0.15) is 0 Å². The van der Waals surface area contributed by atoms with E-state index in [4.69, 9.17) is 10.3 Å². The van der Waals surface area contributed by atoms with Crippen LogP contribution in [0.5, 0.6) is 0 Å². The molecular formula is C10H11FN2O. The first-order valence-electron chi connectivity index (χ1n) is 4.55. The van der Waals surface area contributed by atoms with E-state index in [1.165, 1.54) is 12.1 Å². The summed E-state index contributed by atoms with van der Waals surface area (Å²) in [5, 5.41) is 4.58. The van der Waals surface area contributed by atoms with Gasteiger partial charge in [-0.1, -0.05) is 5.16 Å². The predicted octanol–water partition coefficient (Wildman–Crippen LogP) is 1.86. The highest BCUT2D eigenvalue weighted by molar-refractivity contribution is 5.80. The van der Waals surface area contributed by atoms with Crippen LogP contribution in [0.4, 0.5) is 4.39 Å². The number of fused-ring (bicyclic) bond motifs is 1. The molecule has 1 aromatic carbocycles. The zero-order valence-corrected chi connectivity index (χ0v) is 7.66.